The summed E-state index contributed by atoms with van der Waals surface area (Å²) in [6.45, 7) is 4.18. The fraction of sp³-hybridized carbons (Fsp3) is 0.696. The Morgan fingerprint density at radius 2 is 1.97 bits per heavy atom. The largest absolute Gasteiger partial charge is 0.356 e. The molecule has 2 heterocycles. The molecule has 1 amide bonds. The zero-order valence-corrected chi connectivity index (χ0v) is 18.6. The number of pyridine rings is 1. The van der Waals surface area contributed by atoms with Crippen molar-refractivity contribution in [2.45, 2.75) is 57.5 Å². The molecule has 1 aromatic rings. The van der Waals surface area contributed by atoms with Crippen molar-refractivity contribution in [3.8, 4) is 0 Å². The van der Waals surface area contributed by atoms with Crippen LogP contribution in [0, 0.1) is 18.8 Å². The highest BCUT2D eigenvalue weighted by molar-refractivity contribution is 5.85. The van der Waals surface area contributed by atoms with Crippen LogP contribution in [0.5, 0.6) is 0 Å². The number of hydrogen-bond donors (Lipinski definition) is 2. The van der Waals surface area contributed by atoms with E-state index >= 15 is 0 Å². The third-order valence-electron chi connectivity index (χ3n) is 6.96. The van der Waals surface area contributed by atoms with Crippen LogP contribution in [0.4, 0.5) is 5.82 Å². The lowest BCUT2D eigenvalue weighted by atomic mass is 9.95. The first kappa shape index (κ1) is 20.9. The van der Waals surface area contributed by atoms with Gasteiger partial charge in [-0.2, -0.15) is 0 Å². The maximum absolute atomic E-state index is 12.1. The highest BCUT2D eigenvalue weighted by atomic mass is 16.2. The first-order valence-corrected chi connectivity index (χ1v) is 11.4. The molecule has 3 fully saturated rings. The topological polar surface area (TPSA) is 72.9 Å². The highest BCUT2D eigenvalue weighted by Crippen LogP contribution is 2.44. The molecule has 2 N–H and O–H groups in total. The smallest absolute Gasteiger partial charge is 0.243 e. The van der Waals surface area contributed by atoms with E-state index in [-0.39, 0.29) is 12.5 Å². The summed E-state index contributed by atoms with van der Waals surface area (Å²) in [5, 5.41) is 7.32. The summed E-state index contributed by atoms with van der Waals surface area (Å²) in [6, 6.07) is 7.08. The standard InChI is InChI=1S/C23H36N6O/c1-16-5-4-6-21(25-16)29-11-9-19(10-12-29)26-23(24-15-22(30)28(2)3)27-20-14-17-7-8-18(20)13-17/h4-6,17-20H,7-15H2,1-3H3,(H2,24,26,27). The fourth-order valence-electron chi connectivity index (χ4n) is 5.17. The van der Waals surface area contributed by atoms with Gasteiger partial charge in [0, 0.05) is 45.0 Å². The average molecular weight is 413 g/mol. The first-order chi connectivity index (χ1) is 14.5. The highest BCUT2D eigenvalue weighted by Gasteiger charge is 2.40. The summed E-state index contributed by atoms with van der Waals surface area (Å²) in [7, 11) is 3.56. The molecular weight excluding hydrogens is 376 g/mol. The van der Waals surface area contributed by atoms with Crippen LogP contribution in [-0.2, 0) is 4.79 Å². The molecular formula is C23H36N6O. The van der Waals surface area contributed by atoms with Crippen LogP contribution < -0.4 is 15.5 Å². The lowest BCUT2D eigenvalue weighted by Gasteiger charge is -2.35. The molecule has 4 rings (SSSR count). The van der Waals surface area contributed by atoms with Crippen LogP contribution in [0.1, 0.15) is 44.2 Å². The Labute approximate surface area is 180 Å². The van der Waals surface area contributed by atoms with Gasteiger partial charge in [-0.25, -0.2) is 9.98 Å². The second-order valence-corrected chi connectivity index (χ2v) is 9.42. The van der Waals surface area contributed by atoms with Crippen LogP contribution >= 0.6 is 0 Å². The Morgan fingerprint density at radius 3 is 2.60 bits per heavy atom. The Hall–Kier alpha value is -2.31. The number of aromatic nitrogens is 1. The number of likely N-dealkylation sites (N-methyl/N-ethyl adjacent to an activating group) is 1. The van der Waals surface area contributed by atoms with E-state index in [4.69, 9.17) is 0 Å². The number of guanidine groups is 1. The zero-order chi connectivity index (χ0) is 21.1. The van der Waals surface area contributed by atoms with Crippen molar-refractivity contribution in [3.63, 3.8) is 0 Å². The molecule has 1 saturated heterocycles. The van der Waals surface area contributed by atoms with Crippen molar-refractivity contribution < 1.29 is 4.79 Å². The summed E-state index contributed by atoms with van der Waals surface area (Å²) in [4.78, 5) is 25.4. The van der Waals surface area contributed by atoms with Crippen molar-refractivity contribution in [1.82, 2.24) is 20.5 Å². The third-order valence-corrected chi connectivity index (χ3v) is 6.96. The van der Waals surface area contributed by atoms with E-state index < -0.39 is 0 Å². The molecule has 0 aromatic carbocycles. The number of hydrogen-bond acceptors (Lipinski definition) is 4. The monoisotopic (exact) mass is 412 g/mol. The van der Waals surface area contributed by atoms with E-state index in [1.165, 1.54) is 25.7 Å². The lowest BCUT2D eigenvalue weighted by molar-refractivity contribution is -0.127. The SMILES string of the molecule is Cc1cccc(N2CCC(NC(=NCC(=O)N(C)C)NC3CC4CCC3C4)CC2)n1. The van der Waals surface area contributed by atoms with Gasteiger partial charge in [-0.3, -0.25) is 4.79 Å². The van der Waals surface area contributed by atoms with Crippen LogP contribution in [-0.4, -0.2) is 67.6 Å². The van der Waals surface area contributed by atoms with Crippen molar-refractivity contribution in [2.24, 2.45) is 16.8 Å². The molecule has 2 aliphatic carbocycles. The van der Waals surface area contributed by atoms with Gasteiger partial charge in [-0.15, -0.1) is 0 Å². The molecule has 0 spiro atoms. The van der Waals surface area contributed by atoms with Crippen LogP contribution in [0.2, 0.25) is 0 Å². The number of carbonyl (C=O) groups excluding carboxylic acids is 1. The van der Waals surface area contributed by atoms with E-state index in [2.05, 4.69) is 37.6 Å². The zero-order valence-electron chi connectivity index (χ0n) is 18.6. The Morgan fingerprint density at radius 1 is 1.17 bits per heavy atom. The number of aryl methyl sites for hydroxylation is 1. The molecule has 0 radical (unpaired) electrons. The van der Waals surface area contributed by atoms with Crippen LogP contribution in [0.15, 0.2) is 23.2 Å². The van der Waals surface area contributed by atoms with Gasteiger partial charge in [0.05, 0.1) is 0 Å². The molecule has 7 nitrogen and oxygen atoms in total. The van der Waals surface area contributed by atoms with Gasteiger partial charge in [0.2, 0.25) is 5.91 Å². The number of nitrogens with zero attached hydrogens (tertiary/aromatic N) is 4. The van der Waals surface area contributed by atoms with Gasteiger partial charge in [0.1, 0.15) is 12.4 Å². The van der Waals surface area contributed by atoms with Crippen molar-refractivity contribution in [1.29, 1.82) is 0 Å². The third kappa shape index (κ3) is 5.05. The number of amides is 1. The second kappa shape index (κ2) is 9.23. The predicted octanol–water partition coefficient (Wildman–Crippen LogP) is 2.17. The van der Waals surface area contributed by atoms with Crippen LogP contribution in [0.25, 0.3) is 0 Å². The number of rotatable bonds is 5. The molecule has 2 saturated carbocycles. The minimum Gasteiger partial charge on any atom is -0.356 e. The number of anilines is 1. The molecule has 3 atom stereocenters. The normalized spacial score (nSPS) is 26.7. The van der Waals surface area contributed by atoms with Gasteiger partial charge < -0.3 is 20.4 Å². The summed E-state index contributed by atoms with van der Waals surface area (Å²) in [6.07, 6.45) is 7.37. The van der Waals surface area contributed by atoms with Gasteiger partial charge in [0.15, 0.2) is 5.96 Å². The van der Waals surface area contributed by atoms with E-state index in [1.54, 1.807) is 19.0 Å². The quantitative estimate of drug-likeness (QED) is 0.573. The Balaban J connectivity index is 1.35. The number of aliphatic imine (C=N–C) groups is 1. The summed E-state index contributed by atoms with van der Waals surface area (Å²) >= 11 is 0. The van der Waals surface area contributed by atoms with Crippen molar-refractivity contribution in [3.05, 3.63) is 23.9 Å². The minimum absolute atomic E-state index is 0.0318. The van der Waals surface area contributed by atoms with E-state index in [9.17, 15) is 4.79 Å². The molecule has 7 heteroatoms. The number of nitrogens with one attached hydrogen (secondary N) is 2. The molecule has 1 aromatic heterocycles. The lowest BCUT2D eigenvalue weighted by Crippen LogP contribution is -2.52. The number of carbonyl (C=O) groups is 1. The van der Waals surface area contributed by atoms with Gasteiger partial charge in [0.25, 0.3) is 0 Å². The predicted molar refractivity (Wildman–Crippen MR) is 121 cm³/mol. The maximum atomic E-state index is 12.1. The number of fused-ring (bicyclic) bond motifs is 2. The second-order valence-electron chi connectivity index (χ2n) is 9.42. The molecule has 30 heavy (non-hydrogen) atoms. The first-order valence-electron chi connectivity index (χ1n) is 11.4. The van der Waals surface area contributed by atoms with Crippen molar-refractivity contribution in [2.75, 3.05) is 38.6 Å². The molecule has 2 bridgehead atoms. The average Bonchev–Trinajstić information content (AvgIpc) is 3.35. The summed E-state index contributed by atoms with van der Waals surface area (Å²) in [5.41, 5.74) is 1.06. The molecule has 3 aliphatic rings. The van der Waals surface area contributed by atoms with Gasteiger partial charge in [-0.05, 0) is 63.0 Å². The van der Waals surface area contributed by atoms with Gasteiger partial charge in [-0.1, -0.05) is 12.5 Å². The molecule has 3 unspecified atom stereocenters. The van der Waals surface area contributed by atoms with Gasteiger partial charge >= 0.3 is 0 Å². The Kier molecular flexibility index (Phi) is 6.44. The maximum Gasteiger partial charge on any atom is 0.243 e. The van der Waals surface area contributed by atoms with E-state index in [0.717, 1.165) is 55.2 Å². The number of piperidine rings is 1. The molecule has 164 valence electrons. The summed E-state index contributed by atoms with van der Waals surface area (Å²) in [5.74, 6) is 3.56. The van der Waals surface area contributed by atoms with E-state index in [1.807, 2.05) is 13.0 Å². The Bertz CT molecular complexity index is 771. The van der Waals surface area contributed by atoms with E-state index in [0.29, 0.717) is 12.1 Å². The summed E-state index contributed by atoms with van der Waals surface area (Å²) < 4.78 is 0. The molecule has 1 aliphatic heterocycles. The fourth-order valence-corrected chi connectivity index (χ4v) is 5.17. The van der Waals surface area contributed by atoms with Crippen molar-refractivity contribution >= 4 is 17.7 Å². The van der Waals surface area contributed by atoms with Crippen LogP contribution in [0.3, 0.4) is 0 Å². The minimum atomic E-state index is 0.0318.